The summed E-state index contributed by atoms with van der Waals surface area (Å²) in [4.78, 5) is 27.7. The molecule has 9 nitrogen and oxygen atoms in total. The van der Waals surface area contributed by atoms with Crippen molar-refractivity contribution in [3.8, 4) is 0 Å². The third-order valence-corrected chi connectivity index (χ3v) is 4.50. The Morgan fingerprint density at radius 3 is 3.00 bits per heavy atom. The molecule has 0 saturated heterocycles. The SMILES string of the molecule is CCCOC(=O)N[C@@H]1CC[C@H](c2cc(NC(=O)Cc3cnc(C)o3)n[nH]2)C1. The lowest BCUT2D eigenvalue weighted by atomic mass is 10.0. The van der Waals surface area contributed by atoms with Gasteiger partial charge in [0.25, 0.3) is 0 Å². The third kappa shape index (κ3) is 5.32. The molecule has 1 saturated carbocycles. The maximum Gasteiger partial charge on any atom is 0.407 e. The molecule has 0 spiro atoms. The van der Waals surface area contributed by atoms with E-state index in [9.17, 15) is 9.59 Å². The lowest BCUT2D eigenvalue weighted by Crippen LogP contribution is -2.33. The summed E-state index contributed by atoms with van der Waals surface area (Å²) in [6.45, 7) is 4.12. The molecular formula is C18H25N5O4. The number of aryl methyl sites for hydroxylation is 1. The smallest absolute Gasteiger partial charge is 0.407 e. The number of ether oxygens (including phenoxy) is 1. The molecule has 3 N–H and O–H groups in total. The molecule has 2 aromatic rings. The Balaban J connectivity index is 1.47. The molecule has 0 radical (unpaired) electrons. The molecule has 3 rings (SSSR count). The molecular weight excluding hydrogens is 350 g/mol. The summed E-state index contributed by atoms with van der Waals surface area (Å²) in [5.74, 6) is 1.57. The molecule has 2 heterocycles. The van der Waals surface area contributed by atoms with Gasteiger partial charge in [0.1, 0.15) is 5.76 Å². The topological polar surface area (TPSA) is 122 Å². The van der Waals surface area contributed by atoms with Crippen molar-refractivity contribution in [2.45, 2.75) is 57.9 Å². The molecule has 27 heavy (non-hydrogen) atoms. The summed E-state index contributed by atoms with van der Waals surface area (Å²) in [6.07, 6.45) is 4.74. The van der Waals surface area contributed by atoms with Gasteiger partial charge >= 0.3 is 6.09 Å². The minimum absolute atomic E-state index is 0.0930. The summed E-state index contributed by atoms with van der Waals surface area (Å²) in [7, 11) is 0. The van der Waals surface area contributed by atoms with Gasteiger partial charge in [0.05, 0.1) is 19.2 Å². The van der Waals surface area contributed by atoms with Gasteiger partial charge in [-0.25, -0.2) is 9.78 Å². The fourth-order valence-corrected chi connectivity index (χ4v) is 3.24. The third-order valence-electron chi connectivity index (χ3n) is 4.50. The van der Waals surface area contributed by atoms with E-state index in [0.29, 0.717) is 24.1 Å². The highest BCUT2D eigenvalue weighted by Gasteiger charge is 2.28. The number of alkyl carbamates (subject to hydrolysis) is 1. The zero-order valence-corrected chi connectivity index (χ0v) is 15.6. The minimum atomic E-state index is -0.359. The molecule has 1 fully saturated rings. The van der Waals surface area contributed by atoms with Crippen molar-refractivity contribution in [1.29, 1.82) is 0 Å². The van der Waals surface area contributed by atoms with Crippen LogP contribution in [-0.2, 0) is 16.0 Å². The molecule has 0 aliphatic heterocycles. The molecule has 9 heteroatoms. The summed E-state index contributed by atoms with van der Waals surface area (Å²) in [5.41, 5.74) is 0.951. The van der Waals surface area contributed by atoms with Gasteiger partial charge in [-0.2, -0.15) is 5.10 Å². The Kier molecular flexibility index (Phi) is 6.10. The van der Waals surface area contributed by atoms with Crippen molar-refractivity contribution in [1.82, 2.24) is 20.5 Å². The van der Waals surface area contributed by atoms with Gasteiger partial charge in [-0.3, -0.25) is 9.89 Å². The number of H-pyrrole nitrogens is 1. The average Bonchev–Trinajstić information content (AvgIpc) is 3.35. The number of nitrogens with one attached hydrogen (secondary N) is 3. The molecule has 1 aliphatic carbocycles. The van der Waals surface area contributed by atoms with Crippen LogP contribution in [0.1, 0.15) is 55.9 Å². The zero-order valence-electron chi connectivity index (χ0n) is 15.6. The Morgan fingerprint density at radius 1 is 1.41 bits per heavy atom. The predicted molar refractivity (Wildman–Crippen MR) is 97.3 cm³/mol. The van der Waals surface area contributed by atoms with Crippen LogP contribution >= 0.6 is 0 Å². The van der Waals surface area contributed by atoms with E-state index in [0.717, 1.165) is 31.4 Å². The van der Waals surface area contributed by atoms with Crippen molar-refractivity contribution >= 4 is 17.8 Å². The highest BCUT2D eigenvalue weighted by Crippen LogP contribution is 2.34. The largest absolute Gasteiger partial charge is 0.450 e. The highest BCUT2D eigenvalue weighted by atomic mass is 16.5. The standard InChI is InChI=1S/C18H25N5O4/c1-3-6-26-18(25)20-13-5-4-12(7-13)15-9-16(23-22-15)21-17(24)8-14-10-19-11(2)27-14/h9-10,12-13H,3-8H2,1-2H3,(H,20,25)(H2,21,22,23,24)/t12-,13+/m0/s1. The number of rotatable bonds is 7. The molecule has 2 aromatic heterocycles. The molecule has 0 unspecified atom stereocenters. The van der Waals surface area contributed by atoms with Crippen molar-refractivity contribution in [2.24, 2.45) is 0 Å². The fraction of sp³-hybridized carbons (Fsp3) is 0.556. The van der Waals surface area contributed by atoms with Crippen LogP contribution in [0.5, 0.6) is 0 Å². The quantitative estimate of drug-likeness (QED) is 0.684. The summed E-state index contributed by atoms with van der Waals surface area (Å²) >= 11 is 0. The van der Waals surface area contributed by atoms with E-state index in [1.165, 1.54) is 0 Å². The Morgan fingerprint density at radius 2 is 2.26 bits per heavy atom. The van der Waals surface area contributed by atoms with Gasteiger partial charge in [-0.15, -0.1) is 0 Å². The second-order valence-electron chi connectivity index (χ2n) is 6.77. The molecule has 2 amide bonds. The first-order valence-corrected chi connectivity index (χ1v) is 9.23. The second kappa shape index (κ2) is 8.70. The normalized spacial score (nSPS) is 19.0. The number of amides is 2. The highest BCUT2D eigenvalue weighted by molar-refractivity contribution is 5.91. The summed E-state index contributed by atoms with van der Waals surface area (Å²) in [5, 5.41) is 12.8. The van der Waals surface area contributed by atoms with Gasteiger partial charge in [0.2, 0.25) is 5.91 Å². The number of carbonyl (C=O) groups excluding carboxylic acids is 2. The first-order chi connectivity index (χ1) is 13.0. The van der Waals surface area contributed by atoms with Crippen molar-refractivity contribution in [3.63, 3.8) is 0 Å². The number of oxazole rings is 1. The molecule has 2 atom stereocenters. The van der Waals surface area contributed by atoms with Crippen LogP contribution in [0.2, 0.25) is 0 Å². The van der Waals surface area contributed by atoms with Crippen molar-refractivity contribution in [3.05, 3.63) is 29.6 Å². The van der Waals surface area contributed by atoms with Crippen LogP contribution in [0.25, 0.3) is 0 Å². The molecule has 146 valence electrons. The molecule has 0 bridgehead atoms. The number of anilines is 1. The van der Waals surface area contributed by atoms with Gasteiger partial charge in [0.15, 0.2) is 11.7 Å². The summed E-state index contributed by atoms with van der Waals surface area (Å²) in [6, 6.07) is 1.93. The maximum absolute atomic E-state index is 12.1. The van der Waals surface area contributed by atoms with Crippen LogP contribution in [0.15, 0.2) is 16.7 Å². The first kappa shape index (κ1) is 18.9. The Bertz CT molecular complexity index is 784. The number of aromatic amines is 1. The lowest BCUT2D eigenvalue weighted by molar-refractivity contribution is -0.115. The van der Waals surface area contributed by atoms with Gasteiger partial charge in [-0.05, 0) is 25.7 Å². The number of hydrogen-bond acceptors (Lipinski definition) is 6. The monoisotopic (exact) mass is 375 g/mol. The summed E-state index contributed by atoms with van der Waals surface area (Å²) < 4.78 is 10.4. The average molecular weight is 375 g/mol. The van der Waals surface area contributed by atoms with Gasteiger partial charge in [-0.1, -0.05) is 6.92 Å². The van der Waals surface area contributed by atoms with E-state index < -0.39 is 0 Å². The van der Waals surface area contributed by atoms with E-state index in [4.69, 9.17) is 9.15 Å². The van der Waals surface area contributed by atoms with Crippen LogP contribution in [0.3, 0.4) is 0 Å². The van der Waals surface area contributed by atoms with Crippen molar-refractivity contribution in [2.75, 3.05) is 11.9 Å². The van der Waals surface area contributed by atoms with E-state index in [1.54, 1.807) is 13.1 Å². The predicted octanol–water partition coefficient (Wildman–Crippen LogP) is 2.66. The van der Waals surface area contributed by atoms with E-state index >= 15 is 0 Å². The van der Waals surface area contributed by atoms with E-state index in [-0.39, 0.29) is 30.4 Å². The number of hydrogen-bond donors (Lipinski definition) is 3. The molecule has 1 aliphatic rings. The van der Waals surface area contributed by atoms with Crippen LogP contribution in [0.4, 0.5) is 10.6 Å². The Hall–Kier alpha value is -2.84. The van der Waals surface area contributed by atoms with Gasteiger partial charge < -0.3 is 19.8 Å². The zero-order chi connectivity index (χ0) is 19.2. The van der Waals surface area contributed by atoms with E-state index in [1.807, 2.05) is 13.0 Å². The van der Waals surface area contributed by atoms with Crippen LogP contribution in [0, 0.1) is 6.92 Å². The van der Waals surface area contributed by atoms with Gasteiger partial charge in [0, 0.05) is 30.6 Å². The first-order valence-electron chi connectivity index (χ1n) is 9.23. The number of nitrogens with zero attached hydrogens (tertiary/aromatic N) is 2. The van der Waals surface area contributed by atoms with Crippen LogP contribution < -0.4 is 10.6 Å². The lowest BCUT2D eigenvalue weighted by Gasteiger charge is -2.12. The molecule has 0 aromatic carbocycles. The number of carbonyl (C=O) groups is 2. The maximum atomic E-state index is 12.1. The van der Waals surface area contributed by atoms with Crippen LogP contribution in [-0.4, -0.2) is 39.8 Å². The van der Waals surface area contributed by atoms with Crippen molar-refractivity contribution < 1.29 is 18.7 Å². The Labute approximate surface area is 157 Å². The fourth-order valence-electron chi connectivity index (χ4n) is 3.24. The second-order valence-corrected chi connectivity index (χ2v) is 6.77. The minimum Gasteiger partial charge on any atom is -0.450 e. The van der Waals surface area contributed by atoms with E-state index in [2.05, 4.69) is 25.8 Å². The number of aromatic nitrogens is 3.